The summed E-state index contributed by atoms with van der Waals surface area (Å²) in [6.07, 6.45) is 2.28. The molecule has 1 aromatic rings. The number of anilines is 1. The minimum Gasteiger partial charge on any atom is -0.395 e. The topological polar surface area (TPSA) is 56.7 Å². The van der Waals surface area contributed by atoms with Gasteiger partial charge in [-0.2, -0.15) is 0 Å². The van der Waals surface area contributed by atoms with Crippen molar-refractivity contribution in [2.24, 2.45) is 0 Å². The molecule has 2 heterocycles. The summed E-state index contributed by atoms with van der Waals surface area (Å²) in [5, 5.41) is 8.99. The number of aliphatic hydroxyl groups is 1. The molecular weight excluding hydrogens is 278 g/mol. The Hall–Kier alpha value is -1.46. The van der Waals surface area contributed by atoms with E-state index in [0.717, 1.165) is 17.9 Å². The smallest absolute Gasteiger partial charge is 0.228 e. The molecule has 0 atom stereocenters. The lowest BCUT2D eigenvalue weighted by molar-refractivity contribution is -0.118. The van der Waals surface area contributed by atoms with Crippen molar-refractivity contribution in [3.05, 3.63) is 24.0 Å². The van der Waals surface area contributed by atoms with E-state index in [1.807, 2.05) is 26.0 Å². The molecule has 0 radical (unpaired) electrons. The number of nitrogens with zero attached hydrogens (tertiary/aromatic N) is 3. The average Bonchev–Trinajstić information content (AvgIpc) is 2.72. The van der Waals surface area contributed by atoms with E-state index in [4.69, 9.17) is 5.11 Å². The lowest BCUT2D eigenvalue weighted by Crippen LogP contribution is -2.34. The van der Waals surface area contributed by atoms with Crippen molar-refractivity contribution >= 4 is 11.6 Å². The van der Waals surface area contributed by atoms with Gasteiger partial charge in [-0.05, 0) is 18.1 Å². The van der Waals surface area contributed by atoms with Crippen molar-refractivity contribution in [2.75, 3.05) is 37.7 Å². The van der Waals surface area contributed by atoms with E-state index in [9.17, 15) is 4.79 Å². The fourth-order valence-electron chi connectivity index (χ4n) is 2.40. The van der Waals surface area contributed by atoms with Crippen LogP contribution < -0.4 is 4.90 Å². The van der Waals surface area contributed by atoms with E-state index in [2.05, 4.69) is 23.7 Å². The van der Waals surface area contributed by atoms with E-state index >= 15 is 0 Å². The molecule has 22 heavy (non-hydrogen) atoms. The highest BCUT2D eigenvalue weighted by Crippen LogP contribution is 2.19. The molecule has 5 nitrogen and oxygen atoms in total. The van der Waals surface area contributed by atoms with Crippen LogP contribution in [0, 0.1) is 0 Å². The molecule has 1 aliphatic rings. The zero-order chi connectivity index (χ0) is 16.5. The summed E-state index contributed by atoms with van der Waals surface area (Å²) in [4.78, 5) is 20.5. The first kappa shape index (κ1) is 18.6. The van der Waals surface area contributed by atoms with Gasteiger partial charge in [0, 0.05) is 38.3 Å². The molecule has 1 fully saturated rings. The SMILES string of the molecule is CC.CC(C)c1ccc(N2CCN(CCO)CCC2=O)cn1. The fourth-order valence-corrected chi connectivity index (χ4v) is 2.40. The van der Waals surface area contributed by atoms with Gasteiger partial charge in [0.2, 0.25) is 5.91 Å². The van der Waals surface area contributed by atoms with Gasteiger partial charge in [-0.3, -0.25) is 14.7 Å². The summed E-state index contributed by atoms with van der Waals surface area (Å²) < 4.78 is 0. The maximum absolute atomic E-state index is 12.2. The average molecular weight is 307 g/mol. The summed E-state index contributed by atoms with van der Waals surface area (Å²) in [5.41, 5.74) is 1.91. The fraction of sp³-hybridized carbons (Fsp3) is 0.647. The van der Waals surface area contributed by atoms with E-state index in [0.29, 0.717) is 32.0 Å². The van der Waals surface area contributed by atoms with Crippen LogP contribution in [0.1, 0.15) is 45.7 Å². The van der Waals surface area contributed by atoms with Crippen molar-refractivity contribution < 1.29 is 9.90 Å². The van der Waals surface area contributed by atoms with Gasteiger partial charge in [0.25, 0.3) is 0 Å². The predicted octanol–water partition coefficient (Wildman–Crippen LogP) is 2.26. The quantitative estimate of drug-likeness (QED) is 0.927. The van der Waals surface area contributed by atoms with Gasteiger partial charge in [-0.25, -0.2) is 0 Å². The Morgan fingerprint density at radius 1 is 1.23 bits per heavy atom. The molecule has 0 bridgehead atoms. The number of carbonyl (C=O) groups excluding carboxylic acids is 1. The van der Waals surface area contributed by atoms with Gasteiger partial charge < -0.3 is 10.0 Å². The lowest BCUT2D eigenvalue weighted by atomic mass is 10.1. The van der Waals surface area contributed by atoms with Crippen LogP contribution in [-0.2, 0) is 4.79 Å². The second kappa shape index (κ2) is 9.54. The van der Waals surface area contributed by atoms with Crippen LogP contribution in [0.5, 0.6) is 0 Å². The van der Waals surface area contributed by atoms with Gasteiger partial charge >= 0.3 is 0 Å². The third-order valence-corrected chi connectivity index (χ3v) is 3.67. The van der Waals surface area contributed by atoms with Crippen LogP contribution >= 0.6 is 0 Å². The van der Waals surface area contributed by atoms with Crippen LogP contribution in [0.25, 0.3) is 0 Å². The highest BCUT2D eigenvalue weighted by atomic mass is 16.3. The zero-order valence-corrected chi connectivity index (χ0v) is 14.2. The molecule has 1 aromatic heterocycles. The zero-order valence-electron chi connectivity index (χ0n) is 14.2. The van der Waals surface area contributed by atoms with E-state index in [1.165, 1.54) is 0 Å². The molecule has 0 saturated carbocycles. The summed E-state index contributed by atoms with van der Waals surface area (Å²) in [7, 11) is 0. The number of rotatable bonds is 4. The molecule has 2 rings (SSSR count). The Labute approximate surface area is 134 Å². The second-order valence-corrected chi connectivity index (χ2v) is 5.46. The third-order valence-electron chi connectivity index (χ3n) is 3.67. The van der Waals surface area contributed by atoms with Crippen LogP contribution in [-0.4, -0.2) is 53.7 Å². The van der Waals surface area contributed by atoms with Gasteiger partial charge in [-0.1, -0.05) is 27.7 Å². The van der Waals surface area contributed by atoms with E-state index < -0.39 is 0 Å². The molecule has 0 aromatic carbocycles. The first-order chi connectivity index (χ1) is 10.6. The summed E-state index contributed by atoms with van der Waals surface area (Å²) >= 11 is 0. The van der Waals surface area contributed by atoms with Crippen LogP contribution in [0.2, 0.25) is 0 Å². The summed E-state index contributed by atoms with van der Waals surface area (Å²) in [6, 6.07) is 3.96. The number of pyridine rings is 1. The highest BCUT2D eigenvalue weighted by Gasteiger charge is 2.22. The molecule has 1 saturated heterocycles. The number of carbonyl (C=O) groups is 1. The summed E-state index contributed by atoms with van der Waals surface area (Å²) in [6.45, 7) is 11.1. The molecule has 0 unspecified atom stereocenters. The molecule has 1 aliphatic heterocycles. The number of hydrogen-bond acceptors (Lipinski definition) is 4. The Kier molecular flexibility index (Phi) is 8.06. The van der Waals surface area contributed by atoms with Gasteiger partial charge in [0.05, 0.1) is 18.5 Å². The lowest BCUT2D eigenvalue weighted by Gasteiger charge is -2.21. The third kappa shape index (κ3) is 5.07. The van der Waals surface area contributed by atoms with Crippen LogP contribution in [0.15, 0.2) is 18.3 Å². The molecule has 5 heteroatoms. The molecule has 124 valence electrons. The minimum absolute atomic E-state index is 0.129. The Balaban J connectivity index is 0.00000116. The van der Waals surface area contributed by atoms with E-state index in [-0.39, 0.29) is 12.5 Å². The van der Waals surface area contributed by atoms with E-state index in [1.54, 1.807) is 11.1 Å². The first-order valence-corrected chi connectivity index (χ1v) is 8.21. The Bertz CT molecular complexity index is 446. The van der Waals surface area contributed by atoms with Crippen LogP contribution in [0.4, 0.5) is 5.69 Å². The van der Waals surface area contributed by atoms with Crippen molar-refractivity contribution in [2.45, 2.75) is 40.0 Å². The largest absolute Gasteiger partial charge is 0.395 e. The number of β-amino-alcohol motifs (C(OH)–C–C–N with tert-alkyl or cyclic N) is 1. The Morgan fingerprint density at radius 2 is 1.95 bits per heavy atom. The first-order valence-electron chi connectivity index (χ1n) is 8.21. The molecular formula is C17H29N3O2. The maximum Gasteiger partial charge on any atom is 0.228 e. The second-order valence-electron chi connectivity index (χ2n) is 5.46. The monoisotopic (exact) mass is 307 g/mol. The molecule has 0 spiro atoms. The van der Waals surface area contributed by atoms with Crippen molar-refractivity contribution in [3.8, 4) is 0 Å². The maximum atomic E-state index is 12.2. The highest BCUT2D eigenvalue weighted by molar-refractivity contribution is 5.93. The molecule has 1 amide bonds. The molecule has 0 aliphatic carbocycles. The van der Waals surface area contributed by atoms with Gasteiger partial charge in [0.1, 0.15) is 0 Å². The van der Waals surface area contributed by atoms with Gasteiger partial charge in [-0.15, -0.1) is 0 Å². The number of amides is 1. The van der Waals surface area contributed by atoms with Gasteiger partial charge in [0.15, 0.2) is 0 Å². The molecule has 1 N–H and O–H groups in total. The predicted molar refractivity (Wildman–Crippen MR) is 90.2 cm³/mol. The number of hydrogen-bond donors (Lipinski definition) is 1. The minimum atomic E-state index is 0.129. The van der Waals surface area contributed by atoms with Crippen molar-refractivity contribution in [1.82, 2.24) is 9.88 Å². The normalized spacial score (nSPS) is 16.3. The van der Waals surface area contributed by atoms with Crippen LogP contribution in [0.3, 0.4) is 0 Å². The van der Waals surface area contributed by atoms with Crippen molar-refractivity contribution in [3.63, 3.8) is 0 Å². The summed E-state index contributed by atoms with van der Waals surface area (Å²) in [5.74, 6) is 0.522. The number of aromatic nitrogens is 1. The standard InChI is InChI=1S/C15H23N3O2.C2H6/c1-12(2)14-4-3-13(11-16-14)18-8-7-17(9-10-19)6-5-15(18)20;1-2/h3-4,11-12,19H,5-10H2,1-2H3;1-2H3. The van der Waals surface area contributed by atoms with Crippen molar-refractivity contribution in [1.29, 1.82) is 0 Å². The number of aliphatic hydroxyl groups excluding tert-OH is 1. The Morgan fingerprint density at radius 3 is 2.50 bits per heavy atom.